The van der Waals surface area contributed by atoms with E-state index in [9.17, 15) is 0 Å². The van der Waals surface area contributed by atoms with Crippen LogP contribution in [-0.2, 0) is 4.74 Å². The zero-order valence-corrected chi connectivity index (χ0v) is 12.4. The lowest BCUT2D eigenvalue weighted by Crippen LogP contribution is -3.20. The molecule has 0 saturated carbocycles. The topological polar surface area (TPSA) is 37.7 Å². The molecule has 3 heterocycles. The van der Waals surface area contributed by atoms with Crippen LogP contribution < -0.4 is 15.5 Å². The van der Waals surface area contributed by atoms with Crippen LogP contribution >= 0.6 is 12.2 Å². The van der Waals surface area contributed by atoms with Crippen molar-refractivity contribution in [3.05, 3.63) is 0 Å². The monoisotopic (exact) mass is 282 g/mol. The second-order valence-corrected chi connectivity index (χ2v) is 5.90. The van der Waals surface area contributed by atoms with Gasteiger partial charge in [0.2, 0.25) is 0 Å². The lowest BCUT2D eigenvalue weighted by atomic mass is 9.76. The Labute approximate surface area is 121 Å². The highest BCUT2D eigenvalue weighted by atomic mass is 32.1. The second-order valence-electron chi connectivity index (χ2n) is 5.50. The first-order chi connectivity index (χ1) is 9.24. The summed E-state index contributed by atoms with van der Waals surface area (Å²) in [5, 5.41) is 7.19. The number of hydrogen-bond donors (Lipinski definition) is 3. The van der Waals surface area contributed by atoms with E-state index in [0.29, 0.717) is 18.6 Å². The summed E-state index contributed by atoms with van der Waals surface area (Å²) >= 11 is 5.25. The van der Waals surface area contributed by atoms with Gasteiger partial charge in [0, 0.05) is 26.5 Å². The predicted octanol–water partition coefficient (Wildman–Crippen LogP) is -0.977. The van der Waals surface area contributed by atoms with Crippen molar-refractivity contribution in [2.75, 3.05) is 39.9 Å². The first-order valence-electron chi connectivity index (χ1n) is 7.06. The van der Waals surface area contributed by atoms with Crippen LogP contribution in [0.15, 0.2) is 0 Å². The maximum atomic E-state index is 5.60. The summed E-state index contributed by atoms with van der Waals surface area (Å²) in [5.74, 6) is 4.18. The van der Waals surface area contributed by atoms with E-state index in [-0.39, 0.29) is 0 Å². The van der Waals surface area contributed by atoms with Crippen LogP contribution in [0, 0.1) is 24.2 Å². The van der Waals surface area contributed by atoms with Crippen molar-refractivity contribution in [2.24, 2.45) is 11.8 Å². The number of ether oxygens (including phenoxy) is 1. The fourth-order valence-corrected chi connectivity index (χ4v) is 3.46. The highest BCUT2D eigenvalue weighted by Crippen LogP contribution is 2.25. The molecule has 3 N–H and O–H groups in total. The quantitative estimate of drug-likeness (QED) is 0.344. The molecule has 3 aliphatic rings. The standard InChI is InChI=1S/C14H23N3OS/c1-3-11-10-17-6-4-12(11)8-13(17)9-16-14(19)15-5-7-18-2/h1,11-13H,4-10H2,2H3,(H2,15,16,19)/p+1/t11-,12+,13+/m0/s1. The SMILES string of the molecule is C#C[C@H]1C[NH+]2CC[C@@H]1C[C@@H]2CNC(=S)NCCOC. The van der Waals surface area contributed by atoms with E-state index in [0.717, 1.165) is 30.7 Å². The minimum absolute atomic E-state index is 0.492. The number of methoxy groups -OCH3 is 1. The largest absolute Gasteiger partial charge is 0.383 e. The van der Waals surface area contributed by atoms with Crippen LogP contribution in [0.1, 0.15) is 12.8 Å². The summed E-state index contributed by atoms with van der Waals surface area (Å²) in [6.45, 7) is 4.78. The molecule has 0 aromatic heterocycles. The molecule has 5 heteroatoms. The van der Waals surface area contributed by atoms with Crippen molar-refractivity contribution in [1.82, 2.24) is 10.6 Å². The van der Waals surface area contributed by atoms with Gasteiger partial charge in [0.05, 0.1) is 32.2 Å². The Morgan fingerprint density at radius 3 is 3.00 bits per heavy atom. The lowest BCUT2D eigenvalue weighted by Gasteiger charge is -2.45. The van der Waals surface area contributed by atoms with Crippen molar-refractivity contribution >= 4 is 17.3 Å². The first-order valence-corrected chi connectivity index (χ1v) is 7.46. The molecule has 0 aliphatic carbocycles. The van der Waals surface area contributed by atoms with Crippen molar-refractivity contribution in [3.63, 3.8) is 0 Å². The van der Waals surface area contributed by atoms with Gasteiger partial charge in [-0.1, -0.05) is 5.92 Å². The van der Waals surface area contributed by atoms with E-state index in [4.69, 9.17) is 23.4 Å². The van der Waals surface area contributed by atoms with E-state index in [2.05, 4.69) is 16.6 Å². The summed E-state index contributed by atoms with van der Waals surface area (Å²) < 4.78 is 4.98. The van der Waals surface area contributed by atoms with E-state index >= 15 is 0 Å². The van der Waals surface area contributed by atoms with Crippen molar-refractivity contribution in [1.29, 1.82) is 0 Å². The molecule has 0 spiro atoms. The van der Waals surface area contributed by atoms with Gasteiger partial charge in [-0.15, -0.1) is 6.42 Å². The van der Waals surface area contributed by atoms with Crippen LogP contribution in [0.2, 0.25) is 0 Å². The van der Waals surface area contributed by atoms with Crippen LogP contribution in [0.4, 0.5) is 0 Å². The predicted molar refractivity (Wildman–Crippen MR) is 80.0 cm³/mol. The molecule has 0 aromatic rings. The number of piperidine rings is 3. The molecular formula is C14H24N3OS+. The summed E-state index contributed by atoms with van der Waals surface area (Å²) in [7, 11) is 1.69. The van der Waals surface area contributed by atoms with Crippen LogP contribution in [0.25, 0.3) is 0 Å². The van der Waals surface area contributed by atoms with E-state index in [1.54, 1.807) is 12.0 Å². The molecule has 0 amide bonds. The molecule has 3 aliphatic heterocycles. The molecule has 4 atom stereocenters. The van der Waals surface area contributed by atoms with Gasteiger partial charge in [0.1, 0.15) is 6.04 Å². The highest BCUT2D eigenvalue weighted by Gasteiger charge is 2.42. The number of terminal acetylenes is 1. The average molecular weight is 282 g/mol. The lowest BCUT2D eigenvalue weighted by molar-refractivity contribution is -0.943. The van der Waals surface area contributed by atoms with Gasteiger partial charge in [-0.3, -0.25) is 0 Å². The van der Waals surface area contributed by atoms with E-state index < -0.39 is 0 Å². The van der Waals surface area contributed by atoms with Crippen molar-refractivity contribution in [3.8, 4) is 12.3 Å². The molecule has 106 valence electrons. The summed E-state index contributed by atoms with van der Waals surface area (Å²) in [5.41, 5.74) is 0. The minimum atomic E-state index is 0.492. The van der Waals surface area contributed by atoms with Gasteiger partial charge in [0.15, 0.2) is 5.11 Å². The Kier molecular flexibility index (Phi) is 5.44. The maximum Gasteiger partial charge on any atom is 0.166 e. The van der Waals surface area contributed by atoms with Gasteiger partial charge in [-0.05, 0) is 18.1 Å². The number of thiocarbonyl (C=S) groups is 1. The molecule has 0 aromatic carbocycles. The number of quaternary nitrogens is 1. The van der Waals surface area contributed by atoms with Gasteiger partial charge in [-0.2, -0.15) is 0 Å². The summed E-state index contributed by atoms with van der Waals surface area (Å²) in [6.07, 6.45) is 8.13. The Bertz CT molecular complexity index is 355. The Hall–Kier alpha value is -0.830. The zero-order valence-electron chi connectivity index (χ0n) is 11.6. The second kappa shape index (κ2) is 7.09. The third kappa shape index (κ3) is 3.82. The Morgan fingerprint density at radius 1 is 1.53 bits per heavy atom. The average Bonchev–Trinajstić information content (AvgIpc) is 2.46. The minimum Gasteiger partial charge on any atom is -0.383 e. The molecule has 1 unspecified atom stereocenters. The van der Waals surface area contributed by atoms with Gasteiger partial charge in [-0.25, -0.2) is 0 Å². The van der Waals surface area contributed by atoms with Gasteiger partial charge < -0.3 is 20.3 Å². The third-order valence-corrected chi connectivity index (χ3v) is 4.66. The van der Waals surface area contributed by atoms with Gasteiger partial charge >= 0.3 is 0 Å². The summed E-state index contributed by atoms with van der Waals surface area (Å²) in [6, 6.07) is 0.658. The Balaban J connectivity index is 1.70. The molecule has 3 fully saturated rings. The van der Waals surface area contributed by atoms with E-state index in [1.807, 2.05) is 0 Å². The van der Waals surface area contributed by atoms with Gasteiger partial charge in [0.25, 0.3) is 0 Å². The highest BCUT2D eigenvalue weighted by molar-refractivity contribution is 7.80. The van der Waals surface area contributed by atoms with E-state index in [1.165, 1.54) is 19.4 Å². The molecule has 19 heavy (non-hydrogen) atoms. The number of hydrogen-bond acceptors (Lipinski definition) is 2. The molecule has 3 rings (SSSR count). The molecule has 2 bridgehead atoms. The molecule has 4 nitrogen and oxygen atoms in total. The van der Waals surface area contributed by atoms with Crippen LogP contribution in [-0.4, -0.2) is 51.0 Å². The van der Waals surface area contributed by atoms with Crippen LogP contribution in [0.3, 0.4) is 0 Å². The van der Waals surface area contributed by atoms with Crippen molar-refractivity contribution in [2.45, 2.75) is 18.9 Å². The zero-order chi connectivity index (χ0) is 13.7. The summed E-state index contributed by atoms with van der Waals surface area (Å²) in [4.78, 5) is 1.65. The maximum absolute atomic E-state index is 5.60. The normalized spacial score (nSPS) is 32.6. The number of nitrogens with one attached hydrogen (secondary N) is 3. The number of rotatable bonds is 5. The first kappa shape index (κ1) is 14.6. The fraction of sp³-hybridized carbons (Fsp3) is 0.786. The Morgan fingerprint density at radius 2 is 2.37 bits per heavy atom. The fourth-order valence-electron chi connectivity index (χ4n) is 3.28. The molecular weight excluding hydrogens is 258 g/mol. The molecule has 3 saturated heterocycles. The third-order valence-electron chi connectivity index (χ3n) is 4.37. The smallest absolute Gasteiger partial charge is 0.166 e. The molecule has 0 radical (unpaired) electrons. The van der Waals surface area contributed by atoms with Crippen molar-refractivity contribution < 1.29 is 9.64 Å². The number of fused-ring (bicyclic) bond motifs is 3. The van der Waals surface area contributed by atoms with Crippen LogP contribution in [0.5, 0.6) is 0 Å².